The van der Waals surface area contributed by atoms with Crippen molar-refractivity contribution in [2.24, 2.45) is 5.92 Å². The highest BCUT2D eigenvalue weighted by atomic mass is 16.5. The highest BCUT2D eigenvalue weighted by Gasteiger charge is 2.49. The lowest BCUT2D eigenvalue weighted by molar-refractivity contribution is -0.133. The fourth-order valence-electron chi connectivity index (χ4n) is 2.42. The smallest absolute Gasteiger partial charge is 0.325 e. The molecule has 3 amide bonds. The van der Waals surface area contributed by atoms with Crippen LogP contribution in [0.5, 0.6) is 0 Å². The maximum absolute atomic E-state index is 12.4. The third-order valence-corrected chi connectivity index (χ3v) is 4.27. The number of nitrogens with one attached hydrogen (secondary N) is 1. The van der Waals surface area contributed by atoms with E-state index < -0.39 is 17.7 Å². The number of carbonyl (C=O) groups excluding carboxylic acids is 2. The van der Waals surface area contributed by atoms with Gasteiger partial charge in [-0.25, -0.2) is 4.79 Å². The van der Waals surface area contributed by atoms with Crippen molar-refractivity contribution in [3.8, 4) is 0 Å². The fourth-order valence-corrected chi connectivity index (χ4v) is 2.42. The minimum Gasteiger partial charge on any atom is -0.389 e. The number of carbonyl (C=O) groups is 2. The second-order valence-electron chi connectivity index (χ2n) is 6.36. The van der Waals surface area contributed by atoms with Gasteiger partial charge in [0, 0.05) is 0 Å². The summed E-state index contributed by atoms with van der Waals surface area (Å²) < 4.78 is 5.44. The van der Waals surface area contributed by atoms with E-state index in [4.69, 9.17) is 4.74 Å². The third kappa shape index (κ3) is 3.89. The molecule has 0 spiro atoms. The van der Waals surface area contributed by atoms with Crippen LogP contribution in [-0.4, -0.2) is 46.7 Å². The van der Waals surface area contributed by atoms with Crippen LogP contribution in [-0.2, 0) is 16.1 Å². The van der Waals surface area contributed by atoms with Crippen LogP contribution < -0.4 is 5.32 Å². The van der Waals surface area contributed by atoms with Crippen LogP contribution in [0.4, 0.5) is 4.79 Å². The zero-order valence-electron chi connectivity index (χ0n) is 13.8. The van der Waals surface area contributed by atoms with Gasteiger partial charge in [0.15, 0.2) is 0 Å². The van der Waals surface area contributed by atoms with Gasteiger partial charge in [-0.1, -0.05) is 44.2 Å². The van der Waals surface area contributed by atoms with Crippen LogP contribution in [0, 0.1) is 5.92 Å². The van der Waals surface area contributed by atoms with Crippen molar-refractivity contribution in [3.05, 3.63) is 35.9 Å². The molecule has 1 aliphatic rings. The summed E-state index contributed by atoms with van der Waals surface area (Å²) in [7, 11) is 0. The molecule has 0 aromatic heterocycles. The number of aliphatic hydroxyl groups excluding tert-OH is 1. The van der Waals surface area contributed by atoms with E-state index in [9.17, 15) is 14.7 Å². The number of hydrogen-bond donors (Lipinski definition) is 2. The maximum atomic E-state index is 12.4. The molecule has 1 aromatic rings. The zero-order chi connectivity index (χ0) is 17.0. The van der Waals surface area contributed by atoms with Crippen LogP contribution in [0.3, 0.4) is 0 Å². The lowest BCUT2D eigenvalue weighted by Crippen LogP contribution is -2.49. The highest BCUT2D eigenvalue weighted by molar-refractivity contribution is 6.06. The molecule has 1 heterocycles. The number of ether oxygens (including phenoxy) is 1. The number of urea groups is 1. The largest absolute Gasteiger partial charge is 0.389 e. The number of benzene rings is 1. The third-order valence-electron chi connectivity index (χ3n) is 4.27. The van der Waals surface area contributed by atoms with E-state index in [1.165, 1.54) is 0 Å². The summed E-state index contributed by atoms with van der Waals surface area (Å²) in [5.74, 6) is -0.338. The van der Waals surface area contributed by atoms with Gasteiger partial charge in [0.2, 0.25) is 0 Å². The summed E-state index contributed by atoms with van der Waals surface area (Å²) in [5, 5.41) is 12.7. The second kappa shape index (κ2) is 7.10. The number of hydrogen-bond acceptors (Lipinski definition) is 4. The second-order valence-corrected chi connectivity index (χ2v) is 6.36. The van der Waals surface area contributed by atoms with Gasteiger partial charge in [-0.15, -0.1) is 0 Å². The van der Waals surface area contributed by atoms with E-state index in [2.05, 4.69) is 5.32 Å². The van der Waals surface area contributed by atoms with Gasteiger partial charge in [-0.3, -0.25) is 9.69 Å². The SMILES string of the molecule is CC(C)[C@@]1(C)NC(=O)N(C[C@H](O)COCc2ccccc2)C1=O. The summed E-state index contributed by atoms with van der Waals surface area (Å²) in [6.45, 7) is 5.83. The van der Waals surface area contributed by atoms with Gasteiger partial charge < -0.3 is 15.2 Å². The van der Waals surface area contributed by atoms with E-state index in [-0.39, 0.29) is 25.0 Å². The molecule has 0 bridgehead atoms. The minimum atomic E-state index is -0.915. The van der Waals surface area contributed by atoms with Crippen LogP contribution in [0.1, 0.15) is 26.3 Å². The van der Waals surface area contributed by atoms with Crippen LogP contribution in [0.15, 0.2) is 30.3 Å². The van der Waals surface area contributed by atoms with E-state index in [1.54, 1.807) is 6.92 Å². The van der Waals surface area contributed by atoms with Crippen LogP contribution in [0.2, 0.25) is 0 Å². The van der Waals surface area contributed by atoms with Crippen molar-refractivity contribution in [3.63, 3.8) is 0 Å². The number of β-amino-alcohol motifs (C(OH)–C–C–N with tert-alkyl or cyclic N) is 1. The molecule has 6 nitrogen and oxygen atoms in total. The summed E-state index contributed by atoms with van der Waals surface area (Å²) in [6.07, 6.45) is -0.914. The molecule has 2 rings (SSSR count). The molecular weight excluding hydrogens is 296 g/mol. The Bertz CT molecular complexity index is 561. The Labute approximate surface area is 136 Å². The van der Waals surface area contributed by atoms with Crippen molar-refractivity contribution in [2.45, 2.75) is 39.0 Å². The first kappa shape index (κ1) is 17.4. The standard InChI is InChI=1S/C17H24N2O4/c1-12(2)17(3)15(21)19(16(22)18-17)9-14(20)11-23-10-13-7-5-4-6-8-13/h4-8,12,14,20H,9-11H2,1-3H3,(H,18,22)/t14-,17+/m0/s1. The van der Waals surface area contributed by atoms with Crippen molar-refractivity contribution >= 4 is 11.9 Å². The van der Waals surface area contributed by atoms with Gasteiger partial charge in [-0.05, 0) is 18.4 Å². The van der Waals surface area contributed by atoms with Crippen molar-refractivity contribution in [1.82, 2.24) is 10.2 Å². The first-order valence-corrected chi connectivity index (χ1v) is 7.78. The predicted molar refractivity (Wildman–Crippen MR) is 85.6 cm³/mol. The van der Waals surface area contributed by atoms with E-state index in [1.807, 2.05) is 44.2 Å². The van der Waals surface area contributed by atoms with Crippen LogP contribution >= 0.6 is 0 Å². The van der Waals surface area contributed by atoms with Gasteiger partial charge >= 0.3 is 6.03 Å². The molecule has 23 heavy (non-hydrogen) atoms. The van der Waals surface area contributed by atoms with Crippen molar-refractivity contribution in [2.75, 3.05) is 13.2 Å². The number of rotatable bonds is 7. The number of aliphatic hydroxyl groups is 1. The molecule has 1 fully saturated rings. The van der Waals surface area contributed by atoms with Gasteiger partial charge in [0.25, 0.3) is 5.91 Å². The molecule has 1 aliphatic heterocycles. The summed E-state index contributed by atoms with van der Waals surface area (Å²) in [4.78, 5) is 25.4. The first-order chi connectivity index (χ1) is 10.8. The van der Waals surface area contributed by atoms with Crippen molar-refractivity contribution < 1.29 is 19.4 Å². The van der Waals surface area contributed by atoms with Gasteiger partial charge in [-0.2, -0.15) is 0 Å². The Hall–Kier alpha value is -1.92. The van der Waals surface area contributed by atoms with Crippen LogP contribution in [0.25, 0.3) is 0 Å². The van der Waals surface area contributed by atoms with Crippen molar-refractivity contribution in [1.29, 1.82) is 0 Å². The zero-order valence-corrected chi connectivity index (χ0v) is 13.8. The molecule has 1 aromatic carbocycles. The highest BCUT2D eigenvalue weighted by Crippen LogP contribution is 2.25. The number of amides is 3. The van der Waals surface area contributed by atoms with E-state index in [0.29, 0.717) is 6.61 Å². The summed E-state index contributed by atoms with van der Waals surface area (Å²) >= 11 is 0. The average molecular weight is 320 g/mol. The first-order valence-electron chi connectivity index (χ1n) is 7.78. The molecule has 0 unspecified atom stereocenters. The Morgan fingerprint density at radius 1 is 1.26 bits per heavy atom. The minimum absolute atomic E-state index is 0.0320. The van der Waals surface area contributed by atoms with E-state index >= 15 is 0 Å². The number of imide groups is 1. The average Bonchev–Trinajstić information content (AvgIpc) is 2.73. The lowest BCUT2D eigenvalue weighted by atomic mass is 9.88. The van der Waals surface area contributed by atoms with E-state index in [0.717, 1.165) is 10.5 Å². The fraction of sp³-hybridized carbons (Fsp3) is 0.529. The molecular formula is C17H24N2O4. The monoisotopic (exact) mass is 320 g/mol. The quantitative estimate of drug-likeness (QED) is 0.747. The molecule has 0 aliphatic carbocycles. The van der Waals surface area contributed by atoms with Gasteiger partial charge in [0.1, 0.15) is 5.54 Å². The maximum Gasteiger partial charge on any atom is 0.325 e. The molecule has 2 N–H and O–H groups in total. The molecule has 126 valence electrons. The number of nitrogens with zero attached hydrogens (tertiary/aromatic N) is 1. The Balaban J connectivity index is 1.84. The molecule has 2 atom stereocenters. The Morgan fingerprint density at radius 3 is 2.48 bits per heavy atom. The van der Waals surface area contributed by atoms with Gasteiger partial charge in [0.05, 0.1) is 25.9 Å². The molecule has 0 saturated carbocycles. The molecule has 1 saturated heterocycles. The lowest BCUT2D eigenvalue weighted by Gasteiger charge is -2.26. The topological polar surface area (TPSA) is 78.9 Å². The molecule has 0 radical (unpaired) electrons. The molecule has 6 heteroatoms. The normalized spacial score (nSPS) is 22.6. The summed E-state index contributed by atoms with van der Waals surface area (Å²) in [5.41, 5.74) is 0.0869. The predicted octanol–water partition coefficient (Wildman–Crippen LogP) is 1.53. The Kier molecular flexibility index (Phi) is 5.38. The Morgan fingerprint density at radius 2 is 1.91 bits per heavy atom. The summed E-state index contributed by atoms with van der Waals surface area (Å²) in [6, 6.07) is 9.13.